The summed E-state index contributed by atoms with van der Waals surface area (Å²) in [5.41, 5.74) is 0. The van der Waals surface area contributed by atoms with Crippen molar-refractivity contribution >= 4 is 0 Å². The lowest BCUT2D eigenvalue weighted by Crippen LogP contribution is -2.45. The van der Waals surface area contributed by atoms with E-state index in [9.17, 15) is 0 Å². The molecule has 2 unspecified atom stereocenters. The highest BCUT2D eigenvalue weighted by atomic mass is 15.2. The minimum Gasteiger partial charge on any atom is -0.315 e. The average Bonchev–Trinajstić information content (AvgIpc) is 2.19. The number of hydrogen-bond acceptors (Lipinski definition) is 2. The van der Waals surface area contributed by atoms with E-state index in [4.69, 9.17) is 0 Å². The Morgan fingerprint density at radius 3 is 2.86 bits per heavy atom. The largest absolute Gasteiger partial charge is 0.315 e. The molecule has 2 nitrogen and oxygen atoms in total. The Hall–Kier alpha value is -0.0800. The van der Waals surface area contributed by atoms with Gasteiger partial charge in [0.05, 0.1) is 0 Å². The molecule has 1 fully saturated rings. The third kappa shape index (κ3) is 3.97. The Morgan fingerprint density at radius 2 is 2.29 bits per heavy atom. The third-order valence-corrected chi connectivity index (χ3v) is 3.28. The maximum Gasteiger partial charge on any atom is 0.0218 e. The SMILES string of the molecule is CCCC(C)CN(C)C1CCCNC1. The van der Waals surface area contributed by atoms with Gasteiger partial charge in [-0.25, -0.2) is 0 Å². The lowest BCUT2D eigenvalue weighted by molar-refractivity contribution is 0.177. The molecular weight excluding hydrogens is 172 g/mol. The highest BCUT2D eigenvalue weighted by Gasteiger charge is 2.18. The number of nitrogens with one attached hydrogen (secondary N) is 1. The zero-order valence-electron chi connectivity index (χ0n) is 10.1. The normalized spacial score (nSPS) is 25.3. The summed E-state index contributed by atoms with van der Waals surface area (Å²) >= 11 is 0. The second kappa shape index (κ2) is 6.41. The third-order valence-electron chi connectivity index (χ3n) is 3.28. The molecule has 0 aromatic rings. The first kappa shape index (κ1) is 12.0. The van der Waals surface area contributed by atoms with Crippen molar-refractivity contribution in [1.82, 2.24) is 10.2 Å². The zero-order valence-corrected chi connectivity index (χ0v) is 10.1. The Labute approximate surface area is 89.1 Å². The van der Waals surface area contributed by atoms with Crippen LogP contribution >= 0.6 is 0 Å². The van der Waals surface area contributed by atoms with Gasteiger partial charge in [-0.2, -0.15) is 0 Å². The first-order chi connectivity index (χ1) is 6.74. The molecule has 0 aromatic carbocycles. The summed E-state index contributed by atoms with van der Waals surface area (Å²) in [5.74, 6) is 0.854. The summed E-state index contributed by atoms with van der Waals surface area (Å²) < 4.78 is 0. The number of piperidine rings is 1. The minimum atomic E-state index is 0.781. The Bertz CT molecular complexity index is 141. The van der Waals surface area contributed by atoms with E-state index in [2.05, 4.69) is 31.1 Å². The zero-order chi connectivity index (χ0) is 10.4. The van der Waals surface area contributed by atoms with Gasteiger partial charge in [0, 0.05) is 19.1 Å². The molecule has 1 N–H and O–H groups in total. The summed E-state index contributed by atoms with van der Waals surface area (Å²) in [6.45, 7) is 8.32. The molecule has 2 atom stereocenters. The van der Waals surface area contributed by atoms with Gasteiger partial charge in [0.25, 0.3) is 0 Å². The molecule has 0 saturated carbocycles. The molecular formula is C12H26N2. The Balaban J connectivity index is 2.21. The van der Waals surface area contributed by atoms with Crippen molar-refractivity contribution in [2.24, 2.45) is 5.92 Å². The minimum absolute atomic E-state index is 0.781. The second-order valence-corrected chi connectivity index (χ2v) is 4.83. The highest BCUT2D eigenvalue weighted by Crippen LogP contribution is 2.12. The van der Waals surface area contributed by atoms with Crippen LogP contribution in [0.15, 0.2) is 0 Å². The van der Waals surface area contributed by atoms with Crippen LogP contribution in [0.5, 0.6) is 0 Å². The fraction of sp³-hybridized carbons (Fsp3) is 1.00. The van der Waals surface area contributed by atoms with E-state index in [0.29, 0.717) is 0 Å². The molecule has 1 aliphatic rings. The summed E-state index contributed by atoms with van der Waals surface area (Å²) in [7, 11) is 2.28. The molecule has 2 heteroatoms. The lowest BCUT2D eigenvalue weighted by Gasteiger charge is -2.33. The van der Waals surface area contributed by atoms with Crippen molar-refractivity contribution in [3.8, 4) is 0 Å². The summed E-state index contributed by atoms with van der Waals surface area (Å²) in [6.07, 6.45) is 5.40. The highest BCUT2D eigenvalue weighted by molar-refractivity contribution is 4.77. The molecule has 14 heavy (non-hydrogen) atoms. The van der Waals surface area contributed by atoms with Crippen LogP contribution in [0.4, 0.5) is 0 Å². The van der Waals surface area contributed by atoms with E-state index in [1.165, 1.54) is 45.3 Å². The predicted molar refractivity (Wildman–Crippen MR) is 62.6 cm³/mol. The van der Waals surface area contributed by atoms with Gasteiger partial charge < -0.3 is 10.2 Å². The van der Waals surface area contributed by atoms with Crippen LogP contribution in [0.25, 0.3) is 0 Å². The van der Waals surface area contributed by atoms with Crippen LogP contribution in [0, 0.1) is 5.92 Å². The lowest BCUT2D eigenvalue weighted by atomic mass is 10.0. The molecule has 0 aromatic heterocycles. The number of rotatable bonds is 5. The van der Waals surface area contributed by atoms with E-state index in [-0.39, 0.29) is 0 Å². The van der Waals surface area contributed by atoms with E-state index in [0.717, 1.165) is 12.0 Å². The molecule has 0 radical (unpaired) electrons. The van der Waals surface area contributed by atoms with Crippen LogP contribution in [-0.2, 0) is 0 Å². The van der Waals surface area contributed by atoms with Crippen molar-refractivity contribution in [2.45, 2.75) is 45.6 Å². The Morgan fingerprint density at radius 1 is 1.50 bits per heavy atom. The van der Waals surface area contributed by atoms with Crippen LogP contribution in [-0.4, -0.2) is 37.6 Å². The van der Waals surface area contributed by atoms with Gasteiger partial charge in [0.2, 0.25) is 0 Å². The molecule has 84 valence electrons. The second-order valence-electron chi connectivity index (χ2n) is 4.83. The first-order valence-corrected chi connectivity index (χ1v) is 6.15. The van der Waals surface area contributed by atoms with Crippen LogP contribution in [0.3, 0.4) is 0 Å². The van der Waals surface area contributed by atoms with Gasteiger partial charge in [-0.05, 0) is 38.8 Å². The molecule has 0 spiro atoms. The fourth-order valence-corrected chi connectivity index (χ4v) is 2.43. The summed E-state index contributed by atoms with van der Waals surface area (Å²) in [6, 6.07) is 0.781. The Kier molecular flexibility index (Phi) is 5.49. The van der Waals surface area contributed by atoms with Crippen LogP contribution < -0.4 is 5.32 Å². The van der Waals surface area contributed by atoms with Crippen molar-refractivity contribution < 1.29 is 0 Å². The summed E-state index contributed by atoms with van der Waals surface area (Å²) in [5, 5.41) is 3.48. The van der Waals surface area contributed by atoms with Gasteiger partial charge in [0.1, 0.15) is 0 Å². The van der Waals surface area contributed by atoms with E-state index < -0.39 is 0 Å². The van der Waals surface area contributed by atoms with E-state index in [1.807, 2.05) is 0 Å². The van der Waals surface area contributed by atoms with Crippen molar-refractivity contribution in [1.29, 1.82) is 0 Å². The van der Waals surface area contributed by atoms with Crippen molar-refractivity contribution in [2.75, 3.05) is 26.7 Å². The monoisotopic (exact) mass is 198 g/mol. The van der Waals surface area contributed by atoms with Crippen LogP contribution in [0.1, 0.15) is 39.5 Å². The summed E-state index contributed by atoms with van der Waals surface area (Å²) in [4.78, 5) is 2.55. The molecule has 0 aliphatic carbocycles. The van der Waals surface area contributed by atoms with Gasteiger partial charge in [-0.3, -0.25) is 0 Å². The number of nitrogens with zero attached hydrogens (tertiary/aromatic N) is 1. The maximum atomic E-state index is 3.48. The average molecular weight is 198 g/mol. The fourth-order valence-electron chi connectivity index (χ4n) is 2.43. The van der Waals surface area contributed by atoms with Gasteiger partial charge in [-0.15, -0.1) is 0 Å². The topological polar surface area (TPSA) is 15.3 Å². The van der Waals surface area contributed by atoms with E-state index in [1.54, 1.807) is 0 Å². The van der Waals surface area contributed by atoms with E-state index >= 15 is 0 Å². The molecule has 1 heterocycles. The standard InChI is InChI=1S/C12H26N2/c1-4-6-11(2)10-14(3)12-7-5-8-13-9-12/h11-13H,4-10H2,1-3H3. The molecule has 0 bridgehead atoms. The van der Waals surface area contributed by atoms with Gasteiger partial charge >= 0.3 is 0 Å². The van der Waals surface area contributed by atoms with Crippen molar-refractivity contribution in [3.63, 3.8) is 0 Å². The molecule has 1 rings (SSSR count). The smallest absolute Gasteiger partial charge is 0.0218 e. The molecule has 1 aliphatic heterocycles. The molecule has 0 amide bonds. The number of hydrogen-bond donors (Lipinski definition) is 1. The quantitative estimate of drug-likeness (QED) is 0.728. The van der Waals surface area contributed by atoms with Gasteiger partial charge in [-0.1, -0.05) is 20.3 Å². The van der Waals surface area contributed by atoms with Crippen molar-refractivity contribution in [3.05, 3.63) is 0 Å². The predicted octanol–water partition coefficient (Wildman–Crippen LogP) is 2.11. The molecule has 1 saturated heterocycles. The first-order valence-electron chi connectivity index (χ1n) is 6.15. The number of likely N-dealkylation sites (N-methyl/N-ethyl adjacent to an activating group) is 1. The maximum absolute atomic E-state index is 3.48. The van der Waals surface area contributed by atoms with Crippen LogP contribution in [0.2, 0.25) is 0 Å². The van der Waals surface area contributed by atoms with Gasteiger partial charge in [0.15, 0.2) is 0 Å².